The van der Waals surface area contributed by atoms with E-state index in [1.54, 1.807) is 18.6 Å². The average molecular weight is 406 g/mol. The van der Waals surface area contributed by atoms with Gasteiger partial charge in [0.05, 0.1) is 16.4 Å². The van der Waals surface area contributed by atoms with Crippen LogP contribution in [0.5, 0.6) is 0 Å². The van der Waals surface area contributed by atoms with Crippen molar-refractivity contribution in [2.75, 3.05) is 13.1 Å². The largest absolute Gasteiger partial charge is 0.339 e. The number of nitrogens with zero attached hydrogens (tertiary/aromatic N) is 6. The summed E-state index contributed by atoms with van der Waals surface area (Å²) >= 11 is 1.45. The van der Waals surface area contributed by atoms with Crippen molar-refractivity contribution in [3.8, 4) is 11.5 Å². The third-order valence-corrected chi connectivity index (χ3v) is 6.03. The molecular weight excluding hydrogens is 388 g/mol. The molecule has 0 spiro atoms. The van der Waals surface area contributed by atoms with Gasteiger partial charge in [0.2, 0.25) is 11.7 Å². The maximum atomic E-state index is 13.0. The summed E-state index contributed by atoms with van der Waals surface area (Å²) in [7, 11) is 0. The Morgan fingerprint density at radius 2 is 2.17 bits per heavy atom. The maximum absolute atomic E-state index is 13.0. The summed E-state index contributed by atoms with van der Waals surface area (Å²) in [6.07, 6.45) is 7.41. The van der Waals surface area contributed by atoms with Crippen LogP contribution in [0.1, 0.15) is 28.5 Å². The van der Waals surface area contributed by atoms with E-state index in [-0.39, 0.29) is 11.8 Å². The molecule has 1 saturated heterocycles. The number of aromatic nitrogens is 5. The number of piperidine rings is 1. The molecule has 0 bridgehead atoms. The molecule has 0 N–H and O–H groups in total. The molecule has 1 aliphatic heterocycles. The molecular formula is C20H18N6O2S. The van der Waals surface area contributed by atoms with Crippen molar-refractivity contribution in [3.63, 3.8) is 0 Å². The number of carbonyl (C=O) groups excluding carboxylic acids is 1. The standard InChI is InChI=1S/C20H18N6O2S/c27-20(19-23-14-5-1-2-6-16(14)29-19)26-9-3-4-13(12-26)10-17-24-18(25-28-17)15-11-21-7-8-22-15/h1-2,5-8,11,13H,3-4,9-10,12H2. The van der Waals surface area contributed by atoms with Crippen LogP contribution in [0.15, 0.2) is 47.4 Å². The Balaban J connectivity index is 1.27. The number of benzene rings is 1. The van der Waals surface area contributed by atoms with Gasteiger partial charge in [-0.1, -0.05) is 17.3 Å². The highest BCUT2D eigenvalue weighted by molar-refractivity contribution is 7.20. The predicted molar refractivity (Wildman–Crippen MR) is 107 cm³/mol. The van der Waals surface area contributed by atoms with Crippen molar-refractivity contribution in [2.45, 2.75) is 19.3 Å². The summed E-state index contributed by atoms with van der Waals surface area (Å²) < 4.78 is 6.43. The second kappa shape index (κ2) is 7.67. The van der Waals surface area contributed by atoms with Gasteiger partial charge in [-0.25, -0.2) is 9.97 Å². The van der Waals surface area contributed by atoms with Gasteiger partial charge in [0.25, 0.3) is 5.91 Å². The lowest BCUT2D eigenvalue weighted by Crippen LogP contribution is -2.40. The van der Waals surface area contributed by atoms with Crippen molar-refractivity contribution in [2.24, 2.45) is 5.92 Å². The molecule has 1 fully saturated rings. The Hall–Kier alpha value is -3.20. The monoisotopic (exact) mass is 406 g/mol. The van der Waals surface area contributed by atoms with E-state index in [1.807, 2.05) is 29.2 Å². The van der Waals surface area contributed by atoms with Crippen LogP contribution in [-0.4, -0.2) is 49.0 Å². The van der Waals surface area contributed by atoms with Crippen molar-refractivity contribution in [1.29, 1.82) is 0 Å². The SMILES string of the molecule is O=C(c1nc2ccccc2s1)N1CCCC(Cc2nc(-c3cnccn3)no2)C1. The molecule has 4 aromatic rings. The number of rotatable bonds is 4. The molecule has 146 valence electrons. The van der Waals surface area contributed by atoms with Crippen LogP contribution in [0.3, 0.4) is 0 Å². The second-order valence-electron chi connectivity index (χ2n) is 7.05. The first-order valence-corrected chi connectivity index (χ1v) is 10.3. The Bertz CT molecular complexity index is 1110. The van der Waals surface area contributed by atoms with E-state index in [4.69, 9.17) is 4.52 Å². The van der Waals surface area contributed by atoms with E-state index in [0.717, 1.165) is 29.6 Å². The lowest BCUT2D eigenvalue weighted by molar-refractivity contribution is 0.0668. The Labute approximate surface area is 170 Å². The maximum Gasteiger partial charge on any atom is 0.282 e. The van der Waals surface area contributed by atoms with Crippen LogP contribution < -0.4 is 0 Å². The number of hydrogen-bond acceptors (Lipinski definition) is 8. The number of fused-ring (bicyclic) bond motifs is 1. The highest BCUT2D eigenvalue weighted by Gasteiger charge is 2.28. The quantitative estimate of drug-likeness (QED) is 0.513. The fourth-order valence-electron chi connectivity index (χ4n) is 3.62. The zero-order valence-corrected chi connectivity index (χ0v) is 16.4. The fraction of sp³-hybridized carbons (Fsp3) is 0.300. The van der Waals surface area contributed by atoms with Crippen LogP contribution in [0.2, 0.25) is 0 Å². The number of hydrogen-bond donors (Lipinski definition) is 0. The highest BCUT2D eigenvalue weighted by Crippen LogP contribution is 2.26. The third-order valence-electron chi connectivity index (χ3n) is 5.01. The highest BCUT2D eigenvalue weighted by atomic mass is 32.1. The van der Waals surface area contributed by atoms with E-state index in [9.17, 15) is 4.79 Å². The van der Waals surface area contributed by atoms with Crippen LogP contribution in [0, 0.1) is 5.92 Å². The Morgan fingerprint density at radius 3 is 3.03 bits per heavy atom. The summed E-state index contributed by atoms with van der Waals surface area (Å²) in [5, 5.41) is 4.55. The molecule has 1 aliphatic rings. The predicted octanol–water partition coefficient (Wildman–Crippen LogP) is 3.23. The van der Waals surface area contributed by atoms with Crippen molar-refractivity contribution < 1.29 is 9.32 Å². The smallest absolute Gasteiger partial charge is 0.282 e. The first-order valence-electron chi connectivity index (χ1n) is 9.50. The molecule has 5 rings (SSSR count). The van der Waals surface area contributed by atoms with Gasteiger partial charge in [-0.15, -0.1) is 11.3 Å². The molecule has 3 aromatic heterocycles. The van der Waals surface area contributed by atoms with Gasteiger partial charge in [0.1, 0.15) is 5.69 Å². The molecule has 4 heterocycles. The average Bonchev–Trinajstić information content (AvgIpc) is 3.41. The first-order chi connectivity index (χ1) is 14.3. The normalized spacial score (nSPS) is 17.0. The van der Waals surface area contributed by atoms with Gasteiger partial charge in [-0.05, 0) is 30.9 Å². The zero-order chi connectivity index (χ0) is 19.6. The third kappa shape index (κ3) is 3.73. The summed E-state index contributed by atoms with van der Waals surface area (Å²) in [4.78, 5) is 32.0. The van der Waals surface area contributed by atoms with E-state index >= 15 is 0 Å². The summed E-state index contributed by atoms with van der Waals surface area (Å²) in [6, 6.07) is 7.83. The topological polar surface area (TPSA) is 97.9 Å². The summed E-state index contributed by atoms with van der Waals surface area (Å²) in [5.74, 6) is 1.27. The first kappa shape index (κ1) is 17.9. The van der Waals surface area contributed by atoms with E-state index in [1.165, 1.54) is 11.3 Å². The van der Waals surface area contributed by atoms with Crippen molar-refractivity contribution >= 4 is 27.5 Å². The van der Waals surface area contributed by atoms with Gasteiger partial charge < -0.3 is 9.42 Å². The summed E-state index contributed by atoms with van der Waals surface area (Å²) in [5.41, 5.74) is 1.45. The van der Waals surface area contributed by atoms with Gasteiger partial charge >= 0.3 is 0 Å². The Morgan fingerprint density at radius 1 is 1.24 bits per heavy atom. The number of carbonyl (C=O) groups is 1. The zero-order valence-electron chi connectivity index (χ0n) is 15.6. The molecule has 0 aliphatic carbocycles. The molecule has 1 unspecified atom stereocenters. The molecule has 1 atom stereocenters. The number of para-hydroxylation sites is 1. The van der Waals surface area contributed by atoms with Crippen molar-refractivity contribution in [3.05, 3.63) is 53.8 Å². The molecule has 1 aromatic carbocycles. The van der Waals surface area contributed by atoms with Crippen LogP contribution in [-0.2, 0) is 6.42 Å². The molecule has 0 radical (unpaired) electrons. The lowest BCUT2D eigenvalue weighted by atomic mass is 9.94. The Kier molecular flexibility index (Phi) is 4.73. The number of thiazole rings is 1. The molecule has 1 amide bonds. The minimum Gasteiger partial charge on any atom is -0.339 e. The van der Waals surface area contributed by atoms with Gasteiger partial charge in [-0.2, -0.15) is 4.98 Å². The molecule has 0 saturated carbocycles. The van der Waals surface area contributed by atoms with E-state index in [2.05, 4.69) is 25.1 Å². The van der Waals surface area contributed by atoms with E-state index < -0.39 is 0 Å². The fourth-order valence-corrected chi connectivity index (χ4v) is 4.55. The van der Waals surface area contributed by atoms with Crippen LogP contribution >= 0.6 is 11.3 Å². The second-order valence-corrected chi connectivity index (χ2v) is 8.08. The molecule has 8 nitrogen and oxygen atoms in total. The van der Waals surface area contributed by atoms with Gasteiger partial charge in [-0.3, -0.25) is 9.78 Å². The van der Waals surface area contributed by atoms with E-state index in [0.29, 0.717) is 35.4 Å². The summed E-state index contributed by atoms with van der Waals surface area (Å²) in [6.45, 7) is 1.41. The van der Waals surface area contributed by atoms with Gasteiger partial charge in [0, 0.05) is 31.9 Å². The van der Waals surface area contributed by atoms with Crippen LogP contribution in [0.4, 0.5) is 0 Å². The molecule has 9 heteroatoms. The minimum absolute atomic E-state index is 0.00155. The van der Waals surface area contributed by atoms with Crippen LogP contribution in [0.25, 0.3) is 21.7 Å². The minimum atomic E-state index is 0.00155. The number of likely N-dealkylation sites (tertiary alicyclic amines) is 1. The van der Waals surface area contributed by atoms with Gasteiger partial charge in [0.15, 0.2) is 5.01 Å². The van der Waals surface area contributed by atoms with Crippen molar-refractivity contribution in [1.82, 2.24) is 30.0 Å². The lowest BCUT2D eigenvalue weighted by Gasteiger charge is -2.31. The number of amides is 1. The molecule has 29 heavy (non-hydrogen) atoms.